The fourth-order valence-electron chi connectivity index (χ4n) is 3.70. The second-order valence-corrected chi connectivity index (χ2v) is 7.10. The summed E-state index contributed by atoms with van der Waals surface area (Å²) in [6, 6.07) is 16.3. The van der Waals surface area contributed by atoms with Crippen LogP contribution in [0.4, 0.5) is 0 Å². The van der Waals surface area contributed by atoms with Crippen molar-refractivity contribution in [3.63, 3.8) is 0 Å². The molecule has 0 radical (unpaired) electrons. The second kappa shape index (κ2) is 7.05. The largest absolute Gasteiger partial charge is 0.376 e. The zero-order valence-electron chi connectivity index (χ0n) is 15.3. The Morgan fingerprint density at radius 2 is 2.07 bits per heavy atom. The summed E-state index contributed by atoms with van der Waals surface area (Å²) < 4.78 is 5.56. The summed E-state index contributed by atoms with van der Waals surface area (Å²) in [6.07, 6.45) is 3.74. The van der Waals surface area contributed by atoms with Crippen molar-refractivity contribution in [2.24, 2.45) is 0 Å². The Morgan fingerprint density at radius 1 is 1.18 bits per heavy atom. The molecule has 0 spiro atoms. The molecule has 1 atom stereocenters. The summed E-state index contributed by atoms with van der Waals surface area (Å²) in [5.74, 6) is -0.143. The molecule has 5 rings (SSSR count). The molecule has 0 saturated carbocycles. The number of pyridine rings is 1. The van der Waals surface area contributed by atoms with Crippen LogP contribution in [-0.4, -0.2) is 40.3 Å². The molecule has 6 heteroatoms. The molecule has 140 valence electrons. The van der Waals surface area contributed by atoms with Gasteiger partial charge in [0, 0.05) is 30.3 Å². The first-order valence-electron chi connectivity index (χ1n) is 9.51. The van der Waals surface area contributed by atoms with Crippen LogP contribution in [0.3, 0.4) is 0 Å². The van der Waals surface area contributed by atoms with Gasteiger partial charge in [-0.25, -0.2) is 4.98 Å². The number of aromatic nitrogens is 3. The Labute approximate surface area is 161 Å². The van der Waals surface area contributed by atoms with Gasteiger partial charge >= 0.3 is 0 Å². The Morgan fingerprint density at radius 3 is 2.93 bits per heavy atom. The highest BCUT2D eigenvalue weighted by Crippen LogP contribution is 2.28. The van der Waals surface area contributed by atoms with Gasteiger partial charge in [0.2, 0.25) is 0 Å². The lowest BCUT2D eigenvalue weighted by molar-refractivity contribution is 0.0857. The monoisotopic (exact) mass is 372 g/mol. The smallest absolute Gasteiger partial charge is 0.252 e. The van der Waals surface area contributed by atoms with E-state index in [4.69, 9.17) is 4.74 Å². The number of hydrogen-bond donors (Lipinski definition) is 2. The van der Waals surface area contributed by atoms with Crippen LogP contribution >= 0.6 is 0 Å². The normalized spacial score (nSPS) is 16.6. The minimum Gasteiger partial charge on any atom is -0.376 e. The van der Waals surface area contributed by atoms with Crippen LogP contribution < -0.4 is 5.32 Å². The Kier molecular flexibility index (Phi) is 4.25. The van der Waals surface area contributed by atoms with E-state index in [-0.39, 0.29) is 12.0 Å². The number of nitrogens with one attached hydrogen (secondary N) is 2. The van der Waals surface area contributed by atoms with E-state index in [1.54, 1.807) is 6.20 Å². The summed E-state index contributed by atoms with van der Waals surface area (Å²) in [4.78, 5) is 16.9. The number of nitrogens with zero attached hydrogens (tertiary/aromatic N) is 2. The average Bonchev–Trinajstić information content (AvgIpc) is 3.41. The summed E-state index contributed by atoms with van der Waals surface area (Å²) in [6.45, 7) is 1.30. The van der Waals surface area contributed by atoms with E-state index in [0.29, 0.717) is 17.8 Å². The third-order valence-electron chi connectivity index (χ3n) is 5.22. The number of benzene rings is 2. The van der Waals surface area contributed by atoms with Gasteiger partial charge in [-0.2, -0.15) is 5.10 Å². The zero-order chi connectivity index (χ0) is 18.9. The molecule has 1 fully saturated rings. The van der Waals surface area contributed by atoms with Crippen LogP contribution in [0, 0.1) is 0 Å². The van der Waals surface area contributed by atoms with Crippen LogP contribution in [0.15, 0.2) is 54.7 Å². The first kappa shape index (κ1) is 16.9. The minimum absolute atomic E-state index is 0.114. The third kappa shape index (κ3) is 3.12. The number of fused-ring (bicyclic) bond motifs is 2. The van der Waals surface area contributed by atoms with Gasteiger partial charge in [-0.05, 0) is 35.7 Å². The van der Waals surface area contributed by atoms with Crippen LogP contribution in [-0.2, 0) is 4.74 Å². The predicted molar refractivity (Wildman–Crippen MR) is 108 cm³/mol. The minimum atomic E-state index is -0.143. The van der Waals surface area contributed by atoms with Gasteiger partial charge in [0.25, 0.3) is 5.91 Å². The predicted octanol–water partition coefficient (Wildman–Crippen LogP) is 3.69. The summed E-state index contributed by atoms with van der Waals surface area (Å²) in [7, 11) is 0. The van der Waals surface area contributed by atoms with E-state index in [2.05, 4.69) is 44.8 Å². The maximum Gasteiger partial charge on any atom is 0.252 e. The summed E-state index contributed by atoms with van der Waals surface area (Å²) >= 11 is 0. The second-order valence-electron chi connectivity index (χ2n) is 7.10. The van der Waals surface area contributed by atoms with Crippen LogP contribution in [0.2, 0.25) is 0 Å². The van der Waals surface area contributed by atoms with Gasteiger partial charge < -0.3 is 10.1 Å². The molecule has 2 N–H and O–H groups in total. The summed E-state index contributed by atoms with van der Waals surface area (Å²) in [5.41, 5.74) is 2.97. The van der Waals surface area contributed by atoms with Crippen molar-refractivity contribution in [1.29, 1.82) is 0 Å². The molecule has 6 nitrogen and oxygen atoms in total. The molecule has 0 bridgehead atoms. The quantitative estimate of drug-likeness (QED) is 0.573. The number of hydrogen-bond acceptors (Lipinski definition) is 4. The van der Waals surface area contributed by atoms with E-state index < -0.39 is 0 Å². The molecule has 3 heterocycles. The average molecular weight is 372 g/mol. The molecule has 1 unspecified atom stereocenters. The van der Waals surface area contributed by atoms with Crippen molar-refractivity contribution in [2.45, 2.75) is 18.9 Å². The first-order valence-corrected chi connectivity index (χ1v) is 9.51. The van der Waals surface area contributed by atoms with Crippen molar-refractivity contribution in [3.8, 4) is 11.3 Å². The molecule has 2 aromatic carbocycles. The number of ether oxygens (including phenoxy) is 1. The molecule has 1 amide bonds. The fourth-order valence-corrected chi connectivity index (χ4v) is 3.70. The highest BCUT2D eigenvalue weighted by molar-refractivity contribution is 6.00. The van der Waals surface area contributed by atoms with Gasteiger partial charge in [0.1, 0.15) is 5.69 Å². The molecule has 1 aliphatic heterocycles. The van der Waals surface area contributed by atoms with Crippen molar-refractivity contribution < 1.29 is 9.53 Å². The molecule has 1 aliphatic rings. The molecular formula is C22H20N4O2. The van der Waals surface area contributed by atoms with E-state index in [1.807, 2.05) is 24.3 Å². The number of H-pyrrole nitrogens is 1. The number of carbonyl (C=O) groups excluding carboxylic acids is 1. The van der Waals surface area contributed by atoms with Gasteiger partial charge in [-0.1, -0.05) is 36.4 Å². The van der Waals surface area contributed by atoms with Crippen molar-refractivity contribution in [2.75, 3.05) is 13.2 Å². The highest BCUT2D eigenvalue weighted by Gasteiger charge is 2.18. The number of rotatable bonds is 4. The topological polar surface area (TPSA) is 79.9 Å². The van der Waals surface area contributed by atoms with Crippen molar-refractivity contribution >= 4 is 27.7 Å². The highest BCUT2D eigenvalue weighted by atomic mass is 16.5. The Hall–Kier alpha value is -3.25. The van der Waals surface area contributed by atoms with Crippen molar-refractivity contribution in [3.05, 3.63) is 60.3 Å². The van der Waals surface area contributed by atoms with Crippen LogP contribution in [0.1, 0.15) is 23.2 Å². The number of aromatic amines is 1. The van der Waals surface area contributed by atoms with Crippen molar-refractivity contribution in [1.82, 2.24) is 20.5 Å². The SMILES string of the molecule is O=C(NCC1CCCO1)c1cnc2[nH]nc(-c3ccc4ccccc4c3)c2c1. The van der Waals surface area contributed by atoms with Gasteiger partial charge in [-0.3, -0.25) is 9.89 Å². The third-order valence-corrected chi connectivity index (χ3v) is 5.22. The van der Waals surface area contributed by atoms with Crippen LogP contribution in [0.5, 0.6) is 0 Å². The molecule has 1 saturated heterocycles. The van der Waals surface area contributed by atoms with E-state index in [1.165, 1.54) is 5.39 Å². The Bertz CT molecular complexity index is 1160. The van der Waals surface area contributed by atoms with Gasteiger partial charge in [0.15, 0.2) is 5.65 Å². The lowest BCUT2D eigenvalue weighted by Crippen LogP contribution is -2.31. The summed E-state index contributed by atoms with van der Waals surface area (Å²) in [5, 5.41) is 13.5. The Balaban J connectivity index is 1.46. The maximum absolute atomic E-state index is 12.6. The zero-order valence-corrected chi connectivity index (χ0v) is 15.3. The first-order chi connectivity index (χ1) is 13.8. The fraction of sp³-hybridized carbons (Fsp3) is 0.227. The number of amides is 1. The van der Waals surface area contributed by atoms with Gasteiger partial charge in [0.05, 0.1) is 11.7 Å². The van der Waals surface area contributed by atoms with E-state index >= 15 is 0 Å². The van der Waals surface area contributed by atoms with E-state index in [9.17, 15) is 4.79 Å². The van der Waals surface area contributed by atoms with Crippen LogP contribution in [0.25, 0.3) is 33.1 Å². The molecular weight excluding hydrogens is 352 g/mol. The number of carbonyl (C=O) groups is 1. The maximum atomic E-state index is 12.6. The molecule has 4 aromatic rings. The molecule has 0 aliphatic carbocycles. The lowest BCUT2D eigenvalue weighted by atomic mass is 10.0. The van der Waals surface area contributed by atoms with Gasteiger partial charge in [-0.15, -0.1) is 0 Å². The molecule has 2 aromatic heterocycles. The van der Waals surface area contributed by atoms with E-state index in [0.717, 1.165) is 41.5 Å². The molecule has 28 heavy (non-hydrogen) atoms. The lowest BCUT2D eigenvalue weighted by Gasteiger charge is -2.10. The standard InChI is InChI=1S/C22H20N4O2/c27-22(24-13-18-6-3-9-28-18)17-11-19-20(25-26-21(19)23-12-17)16-8-7-14-4-1-2-5-15(14)10-16/h1-2,4-5,7-8,10-12,18H,3,6,9,13H2,(H,24,27)(H,23,25,26).